The molecule has 1 aliphatic heterocycles. The fourth-order valence-corrected chi connectivity index (χ4v) is 4.34. The number of fused-ring (bicyclic) bond motifs is 3. The highest BCUT2D eigenvalue weighted by atomic mass is 35.5. The summed E-state index contributed by atoms with van der Waals surface area (Å²) in [6.45, 7) is 0. The number of amides is 1. The Morgan fingerprint density at radius 1 is 1.14 bits per heavy atom. The summed E-state index contributed by atoms with van der Waals surface area (Å²) in [7, 11) is 2.91. The first-order chi connectivity index (χ1) is 14.1. The van der Waals surface area contributed by atoms with Crippen LogP contribution in [-0.4, -0.2) is 47.9 Å². The van der Waals surface area contributed by atoms with E-state index in [1.54, 1.807) is 7.11 Å². The van der Waals surface area contributed by atoms with Crippen LogP contribution in [0.4, 0.5) is 0 Å². The highest BCUT2D eigenvalue weighted by Crippen LogP contribution is 2.43. The molecule has 0 fully saturated rings. The van der Waals surface area contributed by atoms with Gasteiger partial charge in [0.25, 0.3) is 0 Å². The minimum Gasteiger partial charge on any atom is -0.496 e. The fourth-order valence-electron chi connectivity index (χ4n) is 4.20. The molecule has 1 N–H and O–H groups in total. The van der Waals surface area contributed by atoms with E-state index < -0.39 is 18.1 Å². The monoisotopic (exact) mass is 412 g/mol. The number of aromatic amines is 1. The highest BCUT2D eigenvalue weighted by Gasteiger charge is 2.44. The number of H-pyrrole nitrogens is 1. The van der Waals surface area contributed by atoms with Gasteiger partial charge in [-0.25, -0.2) is 4.79 Å². The van der Waals surface area contributed by atoms with Crippen molar-refractivity contribution in [1.29, 1.82) is 0 Å². The second-order valence-electron chi connectivity index (χ2n) is 6.89. The Morgan fingerprint density at radius 2 is 1.86 bits per heavy atom. The van der Waals surface area contributed by atoms with Gasteiger partial charge < -0.3 is 19.4 Å². The number of esters is 1. The van der Waals surface area contributed by atoms with Crippen molar-refractivity contribution in [2.75, 3.05) is 20.1 Å². The molecule has 1 amide bonds. The first-order valence-electron chi connectivity index (χ1n) is 9.28. The first kappa shape index (κ1) is 19.3. The highest BCUT2D eigenvalue weighted by molar-refractivity contribution is 6.27. The van der Waals surface area contributed by atoms with Gasteiger partial charge in [-0.1, -0.05) is 36.4 Å². The summed E-state index contributed by atoms with van der Waals surface area (Å²) in [6, 6.07) is 14.0. The van der Waals surface area contributed by atoms with Crippen molar-refractivity contribution < 1.29 is 19.1 Å². The van der Waals surface area contributed by atoms with Gasteiger partial charge in [0, 0.05) is 28.6 Å². The number of alkyl halides is 1. The number of nitrogens with one attached hydrogen (secondary N) is 1. The zero-order chi connectivity index (χ0) is 20.5. The van der Waals surface area contributed by atoms with Crippen LogP contribution < -0.4 is 4.74 Å². The van der Waals surface area contributed by atoms with Gasteiger partial charge in [0.2, 0.25) is 5.91 Å². The van der Waals surface area contributed by atoms with Crippen LogP contribution in [0, 0.1) is 0 Å². The molecule has 1 aromatic heterocycles. The quantitative estimate of drug-likeness (QED) is 0.526. The van der Waals surface area contributed by atoms with E-state index in [1.807, 2.05) is 48.5 Å². The average molecular weight is 413 g/mol. The van der Waals surface area contributed by atoms with Crippen molar-refractivity contribution in [2.24, 2.45) is 0 Å². The molecule has 4 rings (SSSR count). The van der Waals surface area contributed by atoms with Gasteiger partial charge in [-0.05, 0) is 17.7 Å². The van der Waals surface area contributed by atoms with Gasteiger partial charge in [-0.2, -0.15) is 0 Å². The number of aromatic nitrogens is 1. The Balaban J connectivity index is 2.02. The minimum absolute atomic E-state index is 0.241. The van der Waals surface area contributed by atoms with Crippen LogP contribution in [-0.2, 0) is 20.7 Å². The predicted octanol–water partition coefficient (Wildman–Crippen LogP) is 3.43. The predicted molar refractivity (Wildman–Crippen MR) is 110 cm³/mol. The molecule has 2 atom stereocenters. The first-order valence-corrected chi connectivity index (χ1v) is 9.81. The molecule has 3 aromatic rings. The van der Waals surface area contributed by atoms with Gasteiger partial charge in [-0.3, -0.25) is 4.79 Å². The lowest BCUT2D eigenvalue weighted by Crippen LogP contribution is -2.52. The number of ether oxygens (including phenoxy) is 2. The summed E-state index contributed by atoms with van der Waals surface area (Å²) >= 11 is 5.95. The molecule has 0 saturated carbocycles. The SMILES string of the molecule is COC(=O)C1Cc2c([nH]c3ccccc23)C(c2ccccc2OC)N1C(=O)CCl. The summed E-state index contributed by atoms with van der Waals surface area (Å²) in [5.41, 5.74) is 3.57. The fraction of sp³-hybridized carbons (Fsp3) is 0.273. The van der Waals surface area contributed by atoms with Gasteiger partial charge in [0.05, 0.1) is 14.2 Å². The van der Waals surface area contributed by atoms with Crippen LogP contribution in [0.25, 0.3) is 10.9 Å². The van der Waals surface area contributed by atoms with E-state index in [0.717, 1.165) is 27.7 Å². The standard InChI is InChI=1S/C22H21ClN2O4/c1-28-18-10-6-4-8-14(18)21-20-15(13-7-3-5-9-16(13)24-20)11-17(22(27)29-2)25(21)19(26)12-23/h3-10,17,21,24H,11-12H2,1-2H3. The molecular weight excluding hydrogens is 392 g/mol. The number of methoxy groups -OCH3 is 2. The van der Waals surface area contributed by atoms with E-state index in [2.05, 4.69) is 4.98 Å². The van der Waals surface area contributed by atoms with Crippen LogP contribution >= 0.6 is 11.6 Å². The Bertz CT molecular complexity index is 1080. The lowest BCUT2D eigenvalue weighted by Gasteiger charge is -2.41. The molecular formula is C22H21ClN2O4. The van der Waals surface area contributed by atoms with Gasteiger partial charge in [0.15, 0.2) is 0 Å². The number of nitrogens with zero attached hydrogens (tertiary/aromatic N) is 1. The zero-order valence-electron chi connectivity index (χ0n) is 16.1. The van der Waals surface area contributed by atoms with Gasteiger partial charge in [-0.15, -0.1) is 11.6 Å². The second kappa shape index (κ2) is 7.79. The molecule has 2 unspecified atom stereocenters. The summed E-state index contributed by atoms with van der Waals surface area (Å²) < 4.78 is 10.6. The number of hydrogen-bond donors (Lipinski definition) is 1. The van der Waals surface area contributed by atoms with E-state index in [0.29, 0.717) is 12.2 Å². The molecule has 6 nitrogen and oxygen atoms in total. The zero-order valence-corrected chi connectivity index (χ0v) is 16.9. The van der Waals surface area contributed by atoms with Gasteiger partial charge >= 0.3 is 5.97 Å². The van der Waals surface area contributed by atoms with Crippen LogP contribution in [0.15, 0.2) is 48.5 Å². The lowest BCUT2D eigenvalue weighted by atomic mass is 9.87. The third-order valence-electron chi connectivity index (χ3n) is 5.44. The summed E-state index contributed by atoms with van der Waals surface area (Å²) in [5, 5.41) is 1.02. The van der Waals surface area contributed by atoms with Crippen molar-refractivity contribution in [2.45, 2.75) is 18.5 Å². The number of carbonyl (C=O) groups excluding carboxylic acids is 2. The Kier molecular flexibility index (Phi) is 5.20. The van der Waals surface area contributed by atoms with Crippen molar-refractivity contribution in [3.05, 3.63) is 65.4 Å². The van der Waals surface area contributed by atoms with Crippen LogP contribution in [0.1, 0.15) is 22.9 Å². The van der Waals surface area contributed by atoms with Crippen LogP contribution in [0.3, 0.4) is 0 Å². The maximum atomic E-state index is 12.9. The number of benzene rings is 2. The molecule has 0 aliphatic carbocycles. The summed E-state index contributed by atoms with van der Waals surface area (Å²) in [4.78, 5) is 30.6. The number of hydrogen-bond acceptors (Lipinski definition) is 4. The molecule has 29 heavy (non-hydrogen) atoms. The largest absolute Gasteiger partial charge is 0.496 e. The second-order valence-corrected chi connectivity index (χ2v) is 7.15. The molecule has 2 heterocycles. The lowest BCUT2D eigenvalue weighted by molar-refractivity contribution is -0.154. The topological polar surface area (TPSA) is 71.6 Å². The molecule has 7 heteroatoms. The average Bonchev–Trinajstić information content (AvgIpc) is 3.15. The Morgan fingerprint density at radius 3 is 2.59 bits per heavy atom. The number of rotatable bonds is 4. The van der Waals surface area contributed by atoms with Crippen molar-refractivity contribution >= 4 is 34.4 Å². The molecule has 1 aliphatic rings. The van der Waals surface area contributed by atoms with Crippen LogP contribution in [0.2, 0.25) is 0 Å². The number of halogens is 1. The smallest absolute Gasteiger partial charge is 0.328 e. The van der Waals surface area contributed by atoms with E-state index in [4.69, 9.17) is 21.1 Å². The van der Waals surface area contributed by atoms with Crippen molar-refractivity contribution in [3.8, 4) is 5.75 Å². The molecule has 2 aromatic carbocycles. The molecule has 150 valence electrons. The molecule has 0 spiro atoms. The molecule has 0 radical (unpaired) electrons. The minimum atomic E-state index is -0.784. The third-order valence-corrected chi connectivity index (χ3v) is 5.67. The number of para-hydroxylation sites is 2. The molecule has 0 saturated heterocycles. The Labute approximate surface area is 173 Å². The number of carbonyl (C=O) groups is 2. The van der Waals surface area contributed by atoms with E-state index >= 15 is 0 Å². The van der Waals surface area contributed by atoms with Crippen molar-refractivity contribution in [3.63, 3.8) is 0 Å². The van der Waals surface area contributed by atoms with Gasteiger partial charge in [0.1, 0.15) is 23.7 Å². The Hall–Kier alpha value is -2.99. The van der Waals surface area contributed by atoms with E-state index in [9.17, 15) is 9.59 Å². The summed E-state index contributed by atoms with van der Waals surface area (Å²) in [5.74, 6) is -0.434. The molecule has 0 bridgehead atoms. The maximum Gasteiger partial charge on any atom is 0.328 e. The van der Waals surface area contributed by atoms with E-state index in [1.165, 1.54) is 12.0 Å². The third kappa shape index (κ3) is 3.13. The van der Waals surface area contributed by atoms with Crippen molar-refractivity contribution in [1.82, 2.24) is 9.88 Å². The van der Waals surface area contributed by atoms with Crippen LogP contribution in [0.5, 0.6) is 5.75 Å². The van der Waals surface area contributed by atoms with E-state index in [-0.39, 0.29) is 11.8 Å². The summed E-state index contributed by atoms with van der Waals surface area (Å²) in [6.07, 6.45) is 0.348. The maximum absolute atomic E-state index is 12.9. The normalized spacial score (nSPS) is 18.4.